The minimum Gasteiger partial charge on any atom is -0.508 e. The molecule has 1 aliphatic rings. The molecule has 4 heteroatoms. The number of carbonyl (C=O) groups is 1. The summed E-state index contributed by atoms with van der Waals surface area (Å²) in [5.74, 6) is 0.877. The highest BCUT2D eigenvalue weighted by atomic mass is 16.3. The van der Waals surface area contributed by atoms with Crippen LogP contribution in [0.5, 0.6) is 5.75 Å². The first-order valence-corrected chi connectivity index (χ1v) is 7.34. The molecule has 4 nitrogen and oxygen atoms in total. The van der Waals surface area contributed by atoms with Crippen molar-refractivity contribution in [3.63, 3.8) is 0 Å². The van der Waals surface area contributed by atoms with Crippen LogP contribution < -0.4 is 5.73 Å². The van der Waals surface area contributed by atoms with Crippen LogP contribution in [0, 0.1) is 5.92 Å². The van der Waals surface area contributed by atoms with Gasteiger partial charge in [0, 0.05) is 13.6 Å². The van der Waals surface area contributed by atoms with Gasteiger partial charge >= 0.3 is 0 Å². The second kappa shape index (κ2) is 6.75. The first kappa shape index (κ1) is 14.9. The second-order valence-electron chi connectivity index (χ2n) is 5.85. The third-order valence-corrected chi connectivity index (χ3v) is 4.09. The van der Waals surface area contributed by atoms with Gasteiger partial charge in [-0.05, 0) is 42.9 Å². The molecule has 1 saturated carbocycles. The Kier molecular flexibility index (Phi) is 5.01. The third-order valence-electron chi connectivity index (χ3n) is 4.09. The highest BCUT2D eigenvalue weighted by Crippen LogP contribution is 2.25. The average molecular weight is 276 g/mol. The summed E-state index contributed by atoms with van der Waals surface area (Å²) >= 11 is 0. The molecular weight excluding hydrogens is 252 g/mol. The number of nitrogens with two attached hydrogens (primary N) is 1. The molecule has 110 valence electrons. The van der Waals surface area contributed by atoms with Crippen LogP contribution in [0.3, 0.4) is 0 Å². The highest BCUT2D eigenvalue weighted by molar-refractivity contribution is 5.81. The van der Waals surface area contributed by atoms with E-state index in [4.69, 9.17) is 5.73 Å². The lowest BCUT2D eigenvalue weighted by Crippen LogP contribution is -2.44. The van der Waals surface area contributed by atoms with Gasteiger partial charge in [-0.25, -0.2) is 0 Å². The predicted molar refractivity (Wildman–Crippen MR) is 79.4 cm³/mol. The van der Waals surface area contributed by atoms with Crippen LogP contribution in [0.1, 0.15) is 31.2 Å². The molecule has 0 saturated heterocycles. The quantitative estimate of drug-likeness (QED) is 0.863. The fourth-order valence-corrected chi connectivity index (χ4v) is 2.93. The topological polar surface area (TPSA) is 66.6 Å². The van der Waals surface area contributed by atoms with E-state index in [0.717, 1.165) is 12.1 Å². The Bertz CT molecular complexity index is 438. The molecule has 1 aromatic rings. The summed E-state index contributed by atoms with van der Waals surface area (Å²) in [6, 6.07) is 6.34. The molecule has 1 atom stereocenters. The first-order chi connectivity index (χ1) is 9.56. The van der Waals surface area contributed by atoms with Gasteiger partial charge in [0.2, 0.25) is 5.91 Å². The van der Waals surface area contributed by atoms with E-state index in [1.54, 1.807) is 29.2 Å². The SMILES string of the molecule is CN(CC1CCCC1)C(=O)C(N)Cc1ccc(O)cc1. The normalized spacial score (nSPS) is 17.1. The molecule has 0 heterocycles. The van der Waals surface area contributed by atoms with Crippen LogP contribution in [0.25, 0.3) is 0 Å². The van der Waals surface area contributed by atoms with Crippen LogP contribution in [-0.2, 0) is 11.2 Å². The van der Waals surface area contributed by atoms with Crippen molar-refractivity contribution in [3.05, 3.63) is 29.8 Å². The van der Waals surface area contributed by atoms with E-state index in [9.17, 15) is 9.90 Å². The average Bonchev–Trinajstić information content (AvgIpc) is 2.93. The summed E-state index contributed by atoms with van der Waals surface area (Å²) in [6.07, 6.45) is 5.53. The van der Waals surface area contributed by atoms with Gasteiger partial charge < -0.3 is 15.7 Å². The molecule has 0 spiro atoms. The number of likely N-dealkylation sites (N-methyl/N-ethyl adjacent to an activating group) is 1. The Labute approximate surface area is 120 Å². The number of rotatable bonds is 5. The van der Waals surface area contributed by atoms with Gasteiger partial charge in [0.25, 0.3) is 0 Å². The maximum absolute atomic E-state index is 12.3. The molecule has 0 aromatic heterocycles. The number of amides is 1. The lowest BCUT2D eigenvalue weighted by atomic mass is 10.0. The lowest BCUT2D eigenvalue weighted by Gasteiger charge is -2.24. The number of nitrogens with zero attached hydrogens (tertiary/aromatic N) is 1. The number of phenols is 1. The number of hydrogen-bond donors (Lipinski definition) is 2. The fourth-order valence-electron chi connectivity index (χ4n) is 2.93. The summed E-state index contributed by atoms with van der Waals surface area (Å²) in [6.45, 7) is 0.822. The van der Waals surface area contributed by atoms with Gasteiger partial charge in [0.1, 0.15) is 5.75 Å². The summed E-state index contributed by atoms with van der Waals surface area (Å²) in [7, 11) is 1.84. The number of carbonyl (C=O) groups excluding carboxylic acids is 1. The van der Waals surface area contributed by atoms with Crippen molar-refractivity contribution in [1.82, 2.24) is 4.90 Å². The first-order valence-electron chi connectivity index (χ1n) is 7.34. The van der Waals surface area contributed by atoms with Crippen molar-refractivity contribution in [2.75, 3.05) is 13.6 Å². The molecule has 1 fully saturated rings. The van der Waals surface area contributed by atoms with E-state index in [1.165, 1.54) is 25.7 Å². The van der Waals surface area contributed by atoms with Gasteiger partial charge in [0.05, 0.1) is 6.04 Å². The molecule has 20 heavy (non-hydrogen) atoms. The van der Waals surface area contributed by atoms with E-state index in [0.29, 0.717) is 12.3 Å². The minimum absolute atomic E-state index is 0.00461. The summed E-state index contributed by atoms with van der Waals surface area (Å²) in [5, 5.41) is 9.24. The zero-order chi connectivity index (χ0) is 14.5. The monoisotopic (exact) mass is 276 g/mol. The second-order valence-corrected chi connectivity index (χ2v) is 5.85. The van der Waals surface area contributed by atoms with E-state index < -0.39 is 6.04 Å². The van der Waals surface area contributed by atoms with Crippen LogP contribution in [0.15, 0.2) is 24.3 Å². The maximum atomic E-state index is 12.3. The van der Waals surface area contributed by atoms with Crippen molar-refractivity contribution in [2.45, 2.75) is 38.1 Å². The number of phenolic OH excluding ortho intramolecular Hbond substituents is 1. The van der Waals surface area contributed by atoms with Crippen LogP contribution >= 0.6 is 0 Å². The maximum Gasteiger partial charge on any atom is 0.239 e. The highest BCUT2D eigenvalue weighted by Gasteiger charge is 2.23. The van der Waals surface area contributed by atoms with Crippen molar-refractivity contribution >= 4 is 5.91 Å². The Morgan fingerprint density at radius 1 is 1.35 bits per heavy atom. The molecule has 1 unspecified atom stereocenters. The number of hydrogen-bond acceptors (Lipinski definition) is 3. The Morgan fingerprint density at radius 2 is 1.95 bits per heavy atom. The Balaban J connectivity index is 1.85. The molecule has 1 aliphatic carbocycles. The van der Waals surface area contributed by atoms with Gasteiger partial charge in [-0.2, -0.15) is 0 Å². The lowest BCUT2D eigenvalue weighted by molar-refractivity contribution is -0.131. The molecular formula is C16H24N2O2. The third kappa shape index (κ3) is 3.97. The van der Waals surface area contributed by atoms with Gasteiger partial charge in [-0.3, -0.25) is 4.79 Å². The van der Waals surface area contributed by atoms with Crippen molar-refractivity contribution < 1.29 is 9.90 Å². The molecule has 1 amide bonds. The van der Waals surface area contributed by atoms with E-state index >= 15 is 0 Å². The summed E-state index contributed by atoms with van der Waals surface area (Å²) in [4.78, 5) is 14.0. The largest absolute Gasteiger partial charge is 0.508 e. The zero-order valence-electron chi connectivity index (χ0n) is 12.1. The molecule has 0 bridgehead atoms. The molecule has 2 rings (SSSR count). The number of benzene rings is 1. The number of aromatic hydroxyl groups is 1. The van der Waals surface area contributed by atoms with Gasteiger partial charge in [0.15, 0.2) is 0 Å². The van der Waals surface area contributed by atoms with Crippen LogP contribution in [-0.4, -0.2) is 35.5 Å². The Morgan fingerprint density at radius 3 is 2.55 bits per heavy atom. The van der Waals surface area contributed by atoms with Gasteiger partial charge in [-0.1, -0.05) is 25.0 Å². The van der Waals surface area contributed by atoms with E-state index in [1.807, 2.05) is 7.05 Å². The van der Waals surface area contributed by atoms with E-state index in [2.05, 4.69) is 0 Å². The molecule has 0 aliphatic heterocycles. The van der Waals surface area contributed by atoms with E-state index in [-0.39, 0.29) is 11.7 Å². The Hall–Kier alpha value is -1.55. The van der Waals surface area contributed by atoms with Crippen molar-refractivity contribution in [2.24, 2.45) is 11.7 Å². The van der Waals surface area contributed by atoms with Crippen molar-refractivity contribution in [1.29, 1.82) is 0 Å². The summed E-state index contributed by atoms with van der Waals surface area (Å²) < 4.78 is 0. The van der Waals surface area contributed by atoms with Gasteiger partial charge in [-0.15, -0.1) is 0 Å². The molecule has 3 N–H and O–H groups in total. The standard InChI is InChI=1S/C16H24N2O2/c1-18(11-13-4-2-3-5-13)16(20)15(17)10-12-6-8-14(19)9-7-12/h6-9,13,15,19H,2-5,10-11,17H2,1H3. The smallest absolute Gasteiger partial charge is 0.239 e. The predicted octanol–water partition coefficient (Wildman–Crippen LogP) is 1.91. The fraction of sp³-hybridized carbons (Fsp3) is 0.562. The summed E-state index contributed by atoms with van der Waals surface area (Å²) in [5.41, 5.74) is 6.98. The van der Waals surface area contributed by atoms with Crippen LogP contribution in [0.2, 0.25) is 0 Å². The molecule has 0 radical (unpaired) electrons. The zero-order valence-corrected chi connectivity index (χ0v) is 12.1. The van der Waals surface area contributed by atoms with Crippen molar-refractivity contribution in [3.8, 4) is 5.75 Å². The minimum atomic E-state index is -0.508. The molecule has 1 aromatic carbocycles. The van der Waals surface area contributed by atoms with Crippen LogP contribution in [0.4, 0.5) is 0 Å².